The molecule has 0 bridgehead atoms. The second kappa shape index (κ2) is 9.73. The molecule has 0 radical (unpaired) electrons. The Balaban J connectivity index is 2.03. The van der Waals surface area contributed by atoms with E-state index >= 15 is 0 Å². The Morgan fingerprint density at radius 3 is 2.94 bits per heavy atom. The average molecular weight is 257 g/mol. The molecule has 108 valence electrons. The van der Waals surface area contributed by atoms with E-state index in [4.69, 9.17) is 4.74 Å². The quantitative estimate of drug-likeness (QED) is 0.588. The Labute approximate surface area is 113 Å². The molecule has 0 aliphatic carbocycles. The molecule has 1 rings (SSSR count). The van der Waals surface area contributed by atoms with Gasteiger partial charge in [-0.15, -0.1) is 0 Å². The van der Waals surface area contributed by atoms with Crippen LogP contribution in [0.2, 0.25) is 0 Å². The van der Waals surface area contributed by atoms with Crippen LogP contribution >= 0.6 is 0 Å². The Morgan fingerprint density at radius 1 is 1.39 bits per heavy atom. The topological polar surface area (TPSA) is 27.7 Å². The molecular formula is C14H31N3O. The molecule has 0 aromatic rings. The van der Waals surface area contributed by atoms with Crippen LogP contribution in [0.1, 0.15) is 19.8 Å². The zero-order chi connectivity index (χ0) is 13.2. The van der Waals surface area contributed by atoms with Gasteiger partial charge in [0.2, 0.25) is 0 Å². The van der Waals surface area contributed by atoms with Gasteiger partial charge in [-0.25, -0.2) is 0 Å². The highest BCUT2D eigenvalue weighted by Gasteiger charge is 2.21. The van der Waals surface area contributed by atoms with Gasteiger partial charge in [-0.2, -0.15) is 0 Å². The summed E-state index contributed by atoms with van der Waals surface area (Å²) < 4.78 is 5.09. The van der Waals surface area contributed by atoms with Gasteiger partial charge < -0.3 is 19.9 Å². The van der Waals surface area contributed by atoms with Crippen LogP contribution in [-0.2, 0) is 4.74 Å². The average Bonchev–Trinajstić information content (AvgIpc) is 2.82. The summed E-state index contributed by atoms with van der Waals surface area (Å²) in [5.41, 5.74) is 0. The lowest BCUT2D eigenvalue weighted by Gasteiger charge is -2.21. The van der Waals surface area contributed by atoms with Gasteiger partial charge in [0.05, 0.1) is 6.61 Å². The van der Waals surface area contributed by atoms with Crippen molar-refractivity contribution in [3.05, 3.63) is 0 Å². The lowest BCUT2D eigenvalue weighted by Crippen LogP contribution is -2.34. The molecule has 1 saturated heterocycles. The first-order chi connectivity index (χ1) is 8.76. The summed E-state index contributed by atoms with van der Waals surface area (Å²) in [5, 5.41) is 3.54. The molecule has 0 spiro atoms. The lowest BCUT2D eigenvalue weighted by atomic mass is 10.1. The summed E-state index contributed by atoms with van der Waals surface area (Å²) in [6, 6.07) is 0. The van der Waals surface area contributed by atoms with Crippen molar-refractivity contribution in [2.45, 2.75) is 19.8 Å². The highest BCUT2D eigenvalue weighted by atomic mass is 16.5. The minimum atomic E-state index is 0.833. The van der Waals surface area contributed by atoms with Gasteiger partial charge in [0.15, 0.2) is 0 Å². The largest absolute Gasteiger partial charge is 0.383 e. The summed E-state index contributed by atoms with van der Waals surface area (Å²) in [4.78, 5) is 4.95. The molecule has 1 fully saturated rings. The van der Waals surface area contributed by atoms with Gasteiger partial charge in [0.25, 0.3) is 0 Å². The fraction of sp³-hybridized carbons (Fsp3) is 1.00. The Bertz CT molecular complexity index is 201. The molecule has 0 amide bonds. The standard InChI is InChI=1S/C14H31N3O/c1-4-6-15-12-14-5-7-17(13-14)9-8-16(2)10-11-18-3/h14-15H,4-13H2,1-3H3. The number of hydrogen-bond donors (Lipinski definition) is 1. The van der Waals surface area contributed by atoms with Crippen LogP contribution in [0.5, 0.6) is 0 Å². The van der Waals surface area contributed by atoms with E-state index in [2.05, 4.69) is 29.1 Å². The maximum absolute atomic E-state index is 5.09. The van der Waals surface area contributed by atoms with E-state index in [0.717, 1.165) is 32.2 Å². The smallest absolute Gasteiger partial charge is 0.0589 e. The minimum Gasteiger partial charge on any atom is -0.383 e. The molecule has 1 N–H and O–H groups in total. The highest BCUT2D eigenvalue weighted by Crippen LogP contribution is 2.14. The van der Waals surface area contributed by atoms with Crippen LogP contribution < -0.4 is 5.32 Å². The lowest BCUT2D eigenvalue weighted by molar-refractivity contribution is 0.154. The van der Waals surface area contributed by atoms with Crippen LogP contribution in [0.4, 0.5) is 0 Å². The predicted octanol–water partition coefficient (Wildman–Crippen LogP) is 0.886. The van der Waals surface area contributed by atoms with Crippen molar-refractivity contribution in [3.63, 3.8) is 0 Å². The first-order valence-electron chi connectivity index (χ1n) is 7.36. The third-order valence-electron chi connectivity index (χ3n) is 3.70. The van der Waals surface area contributed by atoms with Gasteiger partial charge in [-0.05, 0) is 45.4 Å². The molecule has 0 aromatic heterocycles. The Morgan fingerprint density at radius 2 is 2.22 bits per heavy atom. The summed E-state index contributed by atoms with van der Waals surface area (Å²) in [7, 11) is 3.94. The zero-order valence-electron chi connectivity index (χ0n) is 12.5. The van der Waals surface area contributed by atoms with Gasteiger partial charge in [0, 0.05) is 33.3 Å². The van der Waals surface area contributed by atoms with Crippen LogP contribution in [0, 0.1) is 5.92 Å². The molecule has 1 aliphatic heterocycles. The van der Waals surface area contributed by atoms with Crippen molar-refractivity contribution in [1.29, 1.82) is 0 Å². The second-order valence-corrected chi connectivity index (χ2v) is 5.46. The van der Waals surface area contributed by atoms with E-state index in [0.29, 0.717) is 0 Å². The van der Waals surface area contributed by atoms with Crippen LogP contribution in [0.3, 0.4) is 0 Å². The van der Waals surface area contributed by atoms with Gasteiger partial charge in [-0.1, -0.05) is 6.92 Å². The molecule has 1 atom stereocenters. The first-order valence-corrected chi connectivity index (χ1v) is 7.36. The van der Waals surface area contributed by atoms with Crippen molar-refractivity contribution in [3.8, 4) is 0 Å². The predicted molar refractivity (Wildman–Crippen MR) is 77.1 cm³/mol. The summed E-state index contributed by atoms with van der Waals surface area (Å²) in [5.74, 6) is 0.862. The minimum absolute atomic E-state index is 0.833. The number of nitrogens with zero attached hydrogens (tertiary/aromatic N) is 2. The Kier molecular flexibility index (Phi) is 8.59. The monoisotopic (exact) mass is 257 g/mol. The molecule has 1 unspecified atom stereocenters. The van der Waals surface area contributed by atoms with E-state index < -0.39 is 0 Å². The number of rotatable bonds is 10. The third-order valence-corrected chi connectivity index (χ3v) is 3.70. The molecular weight excluding hydrogens is 226 g/mol. The third kappa shape index (κ3) is 6.69. The SMILES string of the molecule is CCCNCC1CCN(CCN(C)CCOC)C1. The number of nitrogens with one attached hydrogen (secondary N) is 1. The fourth-order valence-electron chi connectivity index (χ4n) is 2.44. The summed E-state index contributed by atoms with van der Waals surface area (Å²) in [6.07, 6.45) is 2.60. The van der Waals surface area contributed by atoms with Crippen molar-refractivity contribution in [2.24, 2.45) is 5.92 Å². The normalized spacial score (nSPS) is 21.0. The molecule has 18 heavy (non-hydrogen) atoms. The van der Waals surface area contributed by atoms with Crippen LogP contribution in [-0.4, -0.2) is 76.4 Å². The molecule has 0 saturated carbocycles. The maximum Gasteiger partial charge on any atom is 0.0589 e. The van der Waals surface area contributed by atoms with Gasteiger partial charge in [0.1, 0.15) is 0 Å². The summed E-state index contributed by atoms with van der Waals surface area (Å²) in [6.45, 7) is 11.4. The van der Waals surface area contributed by atoms with Gasteiger partial charge in [-0.3, -0.25) is 0 Å². The summed E-state index contributed by atoms with van der Waals surface area (Å²) >= 11 is 0. The van der Waals surface area contributed by atoms with Crippen molar-refractivity contribution >= 4 is 0 Å². The van der Waals surface area contributed by atoms with E-state index in [-0.39, 0.29) is 0 Å². The second-order valence-electron chi connectivity index (χ2n) is 5.46. The van der Waals surface area contributed by atoms with Crippen LogP contribution in [0.15, 0.2) is 0 Å². The number of likely N-dealkylation sites (N-methyl/N-ethyl adjacent to an activating group) is 1. The van der Waals surface area contributed by atoms with Crippen LogP contribution in [0.25, 0.3) is 0 Å². The molecule has 1 heterocycles. The molecule has 1 aliphatic rings. The molecule has 0 aromatic carbocycles. The van der Waals surface area contributed by atoms with E-state index in [1.54, 1.807) is 7.11 Å². The van der Waals surface area contributed by atoms with Crippen molar-refractivity contribution in [1.82, 2.24) is 15.1 Å². The van der Waals surface area contributed by atoms with Gasteiger partial charge >= 0.3 is 0 Å². The fourth-order valence-corrected chi connectivity index (χ4v) is 2.44. The number of methoxy groups -OCH3 is 1. The zero-order valence-corrected chi connectivity index (χ0v) is 12.5. The number of likely N-dealkylation sites (tertiary alicyclic amines) is 1. The molecule has 4 heteroatoms. The van der Waals surface area contributed by atoms with E-state index in [1.165, 1.54) is 39.0 Å². The van der Waals surface area contributed by atoms with Crippen molar-refractivity contribution < 1.29 is 4.74 Å². The maximum atomic E-state index is 5.09. The molecule has 4 nitrogen and oxygen atoms in total. The first kappa shape index (κ1) is 15.9. The van der Waals surface area contributed by atoms with Crippen molar-refractivity contribution in [2.75, 3.05) is 66.6 Å². The number of ether oxygens (including phenoxy) is 1. The number of hydrogen-bond acceptors (Lipinski definition) is 4. The highest BCUT2D eigenvalue weighted by molar-refractivity contribution is 4.77. The van der Waals surface area contributed by atoms with E-state index in [1.807, 2.05) is 0 Å². The van der Waals surface area contributed by atoms with E-state index in [9.17, 15) is 0 Å². The Hall–Kier alpha value is -0.160.